The van der Waals surface area contributed by atoms with E-state index in [0.717, 1.165) is 145 Å². The number of nitrogens with zero attached hydrogens (tertiary/aromatic N) is 7. The Morgan fingerprint density at radius 1 is 0.719 bits per heavy atom. The van der Waals surface area contributed by atoms with Crippen LogP contribution in [0.5, 0.6) is 0 Å². The topological polar surface area (TPSA) is 225 Å². The second-order valence-corrected chi connectivity index (χ2v) is 17.5. The zero-order valence-electron chi connectivity index (χ0n) is 36.4. The number of nitrogens with one attached hydrogen (secondary N) is 6. The van der Waals surface area contributed by atoms with E-state index in [0.29, 0.717) is 36.3 Å². The van der Waals surface area contributed by atoms with Crippen molar-refractivity contribution >= 4 is 61.4 Å². The normalized spacial score (nSPS) is 22.4. The highest BCUT2D eigenvalue weighted by Crippen LogP contribution is 2.35. The van der Waals surface area contributed by atoms with E-state index in [2.05, 4.69) is 72.9 Å². The number of rotatable bonds is 9. The van der Waals surface area contributed by atoms with Crippen LogP contribution in [-0.4, -0.2) is 132 Å². The molecule has 2 saturated carbocycles. The van der Waals surface area contributed by atoms with Crippen molar-refractivity contribution in [3.63, 3.8) is 0 Å². The van der Waals surface area contributed by atoms with Gasteiger partial charge in [-0.05, 0) is 88.6 Å². The monoisotopic (exact) mass is 870 g/mol. The van der Waals surface area contributed by atoms with Crippen molar-refractivity contribution < 1.29 is 14.3 Å². The minimum absolute atomic E-state index is 0.0881. The van der Waals surface area contributed by atoms with Crippen LogP contribution in [0.25, 0.3) is 55.1 Å². The summed E-state index contributed by atoms with van der Waals surface area (Å²) >= 11 is 0. The summed E-state index contributed by atoms with van der Waals surface area (Å²) < 4.78 is 12.8. The Morgan fingerprint density at radius 2 is 1.23 bits per heavy atom. The van der Waals surface area contributed by atoms with Gasteiger partial charge in [0.25, 0.3) is 5.91 Å². The molecule has 4 aliphatic rings. The maximum atomic E-state index is 12.1. The van der Waals surface area contributed by atoms with Gasteiger partial charge in [0.2, 0.25) is 0 Å². The van der Waals surface area contributed by atoms with E-state index in [9.17, 15) is 9.59 Å². The van der Waals surface area contributed by atoms with Crippen molar-refractivity contribution in [2.24, 2.45) is 5.84 Å². The number of hydrazine groups is 1. The lowest BCUT2D eigenvalue weighted by Crippen LogP contribution is -2.46. The quantitative estimate of drug-likeness (QED) is 0.0570. The molecule has 18 nitrogen and oxygen atoms in total. The van der Waals surface area contributed by atoms with E-state index in [-0.39, 0.29) is 11.6 Å². The first kappa shape index (κ1) is 42.1. The van der Waals surface area contributed by atoms with Gasteiger partial charge in [-0.1, -0.05) is 6.07 Å². The van der Waals surface area contributed by atoms with Gasteiger partial charge >= 0.3 is 5.69 Å². The van der Waals surface area contributed by atoms with Gasteiger partial charge in [0.1, 0.15) is 35.6 Å². The molecule has 0 atom stereocenters. The number of fused-ring (bicyclic) bond motifs is 6. The van der Waals surface area contributed by atoms with Gasteiger partial charge in [-0.2, -0.15) is 0 Å². The molecular formula is C46H58N14O4. The Morgan fingerprint density at radius 3 is 1.75 bits per heavy atom. The molecule has 4 fully saturated rings. The molecule has 2 aromatic carbocycles. The summed E-state index contributed by atoms with van der Waals surface area (Å²) in [7, 11) is 0. The highest BCUT2D eigenvalue weighted by atomic mass is 16.5. The molecule has 8 N–H and O–H groups in total. The fourth-order valence-corrected chi connectivity index (χ4v) is 10.4. The summed E-state index contributed by atoms with van der Waals surface area (Å²) in [6, 6.07) is 13.8. The number of aromatic nitrogens is 8. The number of anilines is 2. The number of nitrogens with two attached hydrogens (primary N) is 1. The second kappa shape index (κ2) is 18.7. The van der Waals surface area contributed by atoms with E-state index in [1.807, 2.05) is 25.1 Å². The number of carbonyl (C=O) groups excluding carboxylic acids is 1. The van der Waals surface area contributed by atoms with Crippen molar-refractivity contribution in [1.29, 1.82) is 0 Å². The average Bonchev–Trinajstić information content (AvgIpc) is 4.05. The van der Waals surface area contributed by atoms with Crippen molar-refractivity contribution in [2.45, 2.75) is 89.0 Å². The molecule has 0 radical (unpaired) electrons. The van der Waals surface area contributed by atoms with Gasteiger partial charge in [0, 0.05) is 96.0 Å². The summed E-state index contributed by atoms with van der Waals surface area (Å²) in [6.45, 7) is 10.2. The first-order valence-electron chi connectivity index (χ1n) is 22.9. The summed E-state index contributed by atoms with van der Waals surface area (Å²) in [5.41, 5.74) is 8.00. The second-order valence-electron chi connectivity index (χ2n) is 17.5. The third-order valence-corrected chi connectivity index (χ3v) is 13.9. The van der Waals surface area contributed by atoms with Crippen molar-refractivity contribution in [3.05, 3.63) is 71.3 Å². The molecule has 336 valence electrons. The van der Waals surface area contributed by atoms with Crippen LogP contribution < -0.4 is 27.6 Å². The van der Waals surface area contributed by atoms with Crippen molar-refractivity contribution in [1.82, 2.24) is 54.7 Å². The molecule has 0 spiro atoms. The summed E-state index contributed by atoms with van der Waals surface area (Å²) in [4.78, 5) is 56.9. The van der Waals surface area contributed by atoms with Crippen LogP contribution in [-0.2, 0) is 16.0 Å². The lowest BCUT2D eigenvalue weighted by atomic mass is 9.90. The number of nitrogen functional groups attached to an aromatic ring is 1. The van der Waals surface area contributed by atoms with Gasteiger partial charge in [0.15, 0.2) is 0 Å². The highest BCUT2D eigenvalue weighted by Gasteiger charge is 2.29. The van der Waals surface area contributed by atoms with E-state index in [1.54, 1.807) is 29.5 Å². The minimum Gasteiger partial charge on any atom is -0.379 e. The van der Waals surface area contributed by atoms with Crippen LogP contribution in [0.3, 0.4) is 0 Å². The minimum atomic E-state index is -0.320. The molecule has 2 aliphatic heterocycles. The number of benzene rings is 2. The molecule has 1 amide bonds. The predicted octanol–water partition coefficient (Wildman–Crippen LogP) is 5.11. The van der Waals surface area contributed by atoms with Crippen LogP contribution in [0.15, 0.2) is 60.0 Å². The molecule has 2 aliphatic carbocycles. The summed E-state index contributed by atoms with van der Waals surface area (Å²) in [5, 5.41) is 11.3. The molecule has 7 aromatic rings. The van der Waals surface area contributed by atoms with Gasteiger partial charge in [-0.25, -0.2) is 30.6 Å². The molecule has 64 heavy (non-hydrogen) atoms. The number of hydrogen-bond acceptors (Lipinski definition) is 13. The van der Waals surface area contributed by atoms with Crippen LogP contribution in [0, 0.1) is 0 Å². The SMILES string of the molecule is CCn1c(-c2ccc3[nH]c4ncnc(NC5CCC(N6CCOCC6)CC5)c4c3c2)c[nH]c1=O.NNC(=O)c1ccc2[nH]c3ncnc(NC4CCC(N5CCOCC5)CC4)c3c2c1. The largest absolute Gasteiger partial charge is 0.379 e. The Hall–Kier alpha value is -5.92. The number of ether oxygens (including phenoxy) is 2. The fourth-order valence-electron chi connectivity index (χ4n) is 10.4. The molecule has 18 heteroatoms. The summed E-state index contributed by atoms with van der Waals surface area (Å²) in [6.07, 6.45) is 14.2. The standard InChI is InChI=1S/C25H31N7O2.C21H27N7O2/c1-2-32-21(14-26-25(32)33)16-3-8-20-19(13-16)22-23(27-15-28-24(22)30-20)29-17-4-6-18(7-5-17)31-9-11-34-12-10-31;22-27-21(29)13-1-6-17-16(11-13)18-19(23-12-24-20(18)26-17)25-14-2-4-15(5-3-14)28-7-9-30-10-8-28/h3,8,13-15,17-18H,2,4-7,9-12H2,1H3,(H,26,33)(H2,27,28,29,30);1,6,11-12,14-15H,2-5,7-10,22H2,(H,27,29)(H2,23,24,25,26). The zero-order valence-corrected chi connectivity index (χ0v) is 36.4. The molecule has 7 heterocycles. The van der Waals surface area contributed by atoms with Gasteiger partial charge in [-0.3, -0.25) is 24.6 Å². The number of aromatic amines is 3. The fraction of sp³-hybridized carbons (Fsp3) is 0.478. The molecular weight excluding hydrogens is 813 g/mol. The molecule has 5 aromatic heterocycles. The third kappa shape index (κ3) is 8.55. The van der Waals surface area contributed by atoms with Crippen LogP contribution in [0.4, 0.5) is 11.6 Å². The maximum absolute atomic E-state index is 12.1. The van der Waals surface area contributed by atoms with Gasteiger partial charge < -0.3 is 35.1 Å². The lowest BCUT2D eigenvalue weighted by molar-refractivity contribution is 0.00788. The third-order valence-electron chi connectivity index (χ3n) is 13.9. The summed E-state index contributed by atoms with van der Waals surface area (Å²) in [5.74, 6) is 6.67. The Kier molecular flexibility index (Phi) is 12.3. The number of hydrogen-bond donors (Lipinski definition) is 7. The van der Waals surface area contributed by atoms with Crippen LogP contribution >= 0.6 is 0 Å². The molecule has 0 bridgehead atoms. The van der Waals surface area contributed by atoms with E-state index >= 15 is 0 Å². The number of carbonyl (C=O) groups is 1. The number of imidazole rings is 1. The first-order chi connectivity index (χ1) is 31.4. The maximum Gasteiger partial charge on any atom is 0.325 e. The van der Waals surface area contributed by atoms with Crippen molar-refractivity contribution in [2.75, 3.05) is 63.2 Å². The van der Waals surface area contributed by atoms with Crippen molar-refractivity contribution in [3.8, 4) is 11.3 Å². The molecule has 2 saturated heterocycles. The lowest BCUT2D eigenvalue weighted by Gasteiger charge is -2.39. The predicted molar refractivity (Wildman–Crippen MR) is 248 cm³/mol. The first-order valence-corrected chi connectivity index (χ1v) is 22.9. The molecule has 0 unspecified atom stereocenters. The zero-order chi connectivity index (χ0) is 43.6. The van der Waals surface area contributed by atoms with E-state index < -0.39 is 0 Å². The number of amides is 1. The highest BCUT2D eigenvalue weighted by molar-refractivity contribution is 6.13. The molecule has 11 rings (SSSR count). The Balaban J connectivity index is 0.000000153. The van der Waals surface area contributed by atoms with Crippen LogP contribution in [0.1, 0.15) is 68.6 Å². The Bertz CT molecular complexity index is 2790. The van der Waals surface area contributed by atoms with Gasteiger partial charge in [0.05, 0.1) is 42.9 Å². The van der Waals surface area contributed by atoms with E-state index in [4.69, 9.17) is 15.3 Å². The van der Waals surface area contributed by atoms with Crippen LogP contribution in [0.2, 0.25) is 0 Å². The number of morpholine rings is 2. The van der Waals surface area contributed by atoms with E-state index in [1.165, 1.54) is 25.7 Å². The Labute approximate surface area is 370 Å². The smallest absolute Gasteiger partial charge is 0.325 e. The number of H-pyrrole nitrogens is 3. The van der Waals surface area contributed by atoms with Gasteiger partial charge in [-0.15, -0.1) is 0 Å². The average molecular weight is 871 g/mol.